The Kier molecular flexibility index (Phi) is 8.91. The van der Waals surface area contributed by atoms with E-state index in [-0.39, 0.29) is 5.78 Å². The van der Waals surface area contributed by atoms with Crippen LogP contribution in [-0.4, -0.2) is 37.9 Å². The van der Waals surface area contributed by atoms with Gasteiger partial charge in [0.15, 0.2) is 5.78 Å². The van der Waals surface area contributed by atoms with Crippen molar-refractivity contribution in [3.8, 4) is 5.75 Å². The van der Waals surface area contributed by atoms with Crippen molar-refractivity contribution in [2.24, 2.45) is 0 Å². The SMILES string of the molecule is CN(C)CCCCCCCCOc1ccc(C(=O)c2ccccc2)cc1. The molecular weight excluding hydrogens is 322 g/mol. The van der Waals surface area contributed by atoms with Crippen molar-refractivity contribution in [1.82, 2.24) is 4.90 Å². The van der Waals surface area contributed by atoms with Crippen LogP contribution in [0, 0.1) is 0 Å². The molecule has 2 aromatic carbocycles. The molecule has 0 aromatic heterocycles. The molecule has 0 N–H and O–H groups in total. The molecule has 0 aliphatic heterocycles. The molecule has 0 spiro atoms. The molecule has 0 amide bonds. The van der Waals surface area contributed by atoms with Gasteiger partial charge in [-0.2, -0.15) is 0 Å². The third kappa shape index (κ3) is 7.40. The summed E-state index contributed by atoms with van der Waals surface area (Å²) >= 11 is 0. The molecule has 0 saturated carbocycles. The molecule has 3 nitrogen and oxygen atoms in total. The van der Waals surface area contributed by atoms with Gasteiger partial charge in [0.05, 0.1) is 6.61 Å². The maximum atomic E-state index is 12.4. The molecular formula is C23H31NO2. The summed E-state index contributed by atoms with van der Waals surface area (Å²) in [6.45, 7) is 1.93. The molecule has 0 atom stereocenters. The number of nitrogens with zero attached hydrogens (tertiary/aromatic N) is 1. The van der Waals surface area contributed by atoms with E-state index < -0.39 is 0 Å². The van der Waals surface area contributed by atoms with E-state index in [4.69, 9.17) is 4.74 Å². The molecule has 0 heterocycles. The fraction of sp³-hybridized carbons (Fsp3) is 0.435. The molecule has 0 aliphatic rings. The molecule has 26 heavy (non-hydrogen) atoms. The molecule has 2 aromatic rings. The quantitative estimate of drug-likeness (QED) is 0.388. The maximum absolute atomic E-state index is 12.4. The van der Waals surface area contributed by atoms with Crippen molar-refractivity contribution < 1.29 is 9.53 Å². The number of hydrogen-bond acceptors (Lipinski definition) is 3. The Labute approximate surface area is 158 Å². The molecule has 0 aliphatic carbocycles. The number of benzene rings is 2. The van der Waals surface area contributed by atoms with Crippen molar-refractivity contribution in [1.29, 1.82) is 0 Å². The Hall–Kier alpha value is -2.13. The van der Waals surface area contributed by atoms with E-state index in [1.165, 1.54) is 38.6 Å². The van der Waals surface area contributed by atoms with Crippen LogP contribution in [0.3, 0.4) is 0 Å². The standard InChI is InChI=1S/C23H31NO2/c1-24(2)18-10-5-3-4-6-11-19-26-22-16-14-21(15-17-22)23(25)20-12-8-7-9-13-20/h7-9,12-17H,3-6,10-11,18-19H2,1-2H3. The second kappa shape index (κ2) is 11.5. The molecule has 2 rings (SSSR count). The fourth-order valence-electron chi connectivity index (χ4n) is 2.89. The lowest BCUT2D eigenvalue weighted by Gasteiger charge is -2.09. The van der Waals surface area contributed by atoms with E-state index in [0.717, 1.165) is 18.8 Å². The number of hydrogen-bond donors (Lipinski definition) is 0. The predicted octanol–water partition coefficient (Wildman–Crippen LogP) is 5.20. The minimum Gasteiger partial charge on any atom is -0.494 e. The highest BCUT2D eigenvalue weighted by Crippen LogP contribution is 2.16. The van der Waals surface area contributed by atoms with Gasteiger partial charge in [0.1, 0.15) is 5.75 Å². The average molecular weight is 354 g/mol. The summed E-state index contributed by atoms with van der Waals surface area (Å²) in [7, 11) is 4.25. The lowest BCUT2D eigenvalue weighted by molar-refractivity contribution is 0.103. The lowest BCUT2D eigenvalue weighted by atomic mass is 10.0. The lowest BCUT2D eigenvalue weighted by Crippen LogP contribution is -2.12. The first kappa shape index (κ1) is 20.2. The first-order valence-corrected chi connectivity index (χ1v) is 9.64. The highest BCUT2D eigenvalue weighted by atomic mass is 16.5. The number of ketones is 1. The summed E-state index contributed by atoms with van der Waals surface area (Å²) in [5.41, 5.74) is 1.41. The zero-order valence-electron chi connectivity index (χ0n) is 16.1. The highest BCUT2D eigenvalue weighted by molar-refractivity contribution is 6.08. The molecule has 140 valence electrons. The zero-order valence-corrected chi connectivity index (χ0v) is 16.1. The molecule has 0 bridgehead atoms. The van der Waals surface area contributed by atoms with E-state index in [1.54, 1.807) is 0 Å². The van der Waals surface area contributed by atoms with Crippen molar-refractivity contribution in [2.45, 2.75) is 38.5 Å². The van der Waals surface area contributed by atoms with Crippen LogP contribution < -0.4 is 4.74 Å². The van der Waals surface area contributed by atoms with Crippen molar-refractivity contribution >= 4 is 5.78 Å². The Morgan fingerprint density at radius 1 is 0.769 bits per heavy atom. The Morgan fingerprint density at radius 2 is 1.35 bits per heavy atom. The van der Waals surface area contributed by atoms with Crippen LogP contribution in [0.25, 0.3) is 0 Å². The average Bonchev–Trinajstić information content (AvgIpc) is 2.67. The van der Waals surface area contributed by atoms with Gasteiger partial charge in [0.25, 0.3) is 0 Å². The third-order valence-corrected chi connectivity index (χ3v) is 4.42. The minimum absolute atomic E-state index is 0.0476. The Balaban J connectivity index is 1.61. The van der Waals surface area contributed by atoms with Crippen LogP contribution in [0.4, 0.5) is 0 Å². The van der Waals surface area contributed by atoms with Crippen LogP contribution in [0.1, 0.15) is 54.4 Å². The number of carbonyl (C=O) groups excluding carboxylic acids is 1. The molecule has 0 radical (unpaired) electrons. The topological polar surface area (TPSA) is 29.5 Å². The molecule has 3 heteroatoms. The minimum atomic E-state index is 0.0476. The summed E-state index contributed by atoms with van der Waals surface area (Å²) in [6.07, 6.45) is 7.49. The van der Waals surface area contributed by atoms with Gasteiger partial charge in [-0.1, -0.05) is 56.0 Å². The highest BCUT2D eigenvalue weighted by Gasteiger charge is 2.08. The monoisotopic (exact) mass is 353 g/mol. The van der Waals surface area contributed by atoms with Crippen LogP contribution >= 0.6 is 0 Å². The van der Waals surface area contributed by atoms with Gasteiger partial charge in [0.2, 0.25) is 0 Å². The van der Waals surface area contributed by atoms with Gasteiger partial charge < -0.3 is 9.64 Å². The third-order valence-electron chi connectivity index (χ3n) is 4.42. The Morgan fingerprint density at radius 3 is 2.00 bits per heavy atom. The van der Waals surface area contributed by atoms with Gasteiger partial charge in [0, 0.05) is 11.1 Å². The summed E-state index contributed by atoms with van der Waals surface area (Å²) in [5, 5.41) is 0. The van der Waals surface area contributed by atoms with Gasteiger partial charge >= 0.3 is 0 Å². The normalized spacial score (nSPS) is 10.9. The summed E-state index contributed by atoms with van der Waals surface area (Å²) in [5.74, 6) is 0.881. The van der Waals surface area contributed by atoms with Crippen LogP contribution in [0.2, 0.25) is 0 Å². The van der Waals surface area contributed by atoms with Crippen molar-refractivity contribution in [2.75, 3.05) is 27.2 Å². The first-order chi connectivity index (χ1) is 12.7. The van der Waals surface area contributed by atoms with E-state index in [0.29, 0.717) is 11.1 Å². The van der Waals surface area contributed by atoms with Crippen LogP contribution in [0.15, 0.2) is 54.6 Å². The largest absolute Gasteiger partial charge is 0.494 e. The Bertz CT molecular complexity index is 635. The van der Waals surface area contributed by atoms with Crippen LogP contribution in [-0.2, 0) is 0 Å². The van der Waals surface area contributed by atoms with Crippen molar-refractivity contribution in [3.63, 3.8) is 0 Å². The maximum Gasteiger partial charge on any atom is 0.193 e. The fourth-order valence-corrected chi connectivity index (χ4v) is 2.89. The van der Waals surface area contributed by atoms with E-state index in [1.807, 2.05) is 54.6 Å². The van der Waals surface area contributed by atoms with Gasteiger partial charge in [-0.3, -0.25) is 4.79 Å². The van der Waals surface area contributed by atoms with Gasteiger partial charge in [-0.05, 0) is 57.7 Å². The molecule has 0 unspecified atom stereocenters. The van der Waals surface area contributed by atoms with E-state index in [2.05, 4.69) is 19.0 Å². The number of unbranched alkanes of at least 4 members (excludes halogenated alkanes) is 5. The number of ether oxygens (including phenoxy) is 1. The summed E-state index contributed by atoms with van der Waals surface area (Å²) < 4.78 is 5.79. The zero-order chi connectivity index (χ0) is 18.6. The predicted molar refractivity (Wildman–Crippen MR) is 108 cm³/mol. The molecule has 0 saturated heterocycles. The second-order valence-corrected chi connectivity index (χ2v) is 6.99. The van der Waals surface area contributed by atoms with E-state index in [9.17, 15) is 4.79 Å². The first-order valence-electron chi connectivity index (χ1n) is 9.64. The number of carbonyl (C=O) groups is 1. The van der Waals surface area contributed by atoms with E-state index >= 15 is 0 Å². The second-order valence-electron chi connectivity index (χ2n) is 6.99. The van der Waals surface area contributed by atoms with Crippen molar-refractivity contribution in [3.05, 3.63) is 65.7 Å². The van der Waals surface area contributed by atoms with Gasteiger partial charge in [-0.25, -0.2) is 0 Å². The van der Waals surface area contributed by atoms with Gasteiger partial charge in [-0.15, -0.1) is 0 Å². The summed E-state index contributed by atoms with van der Waals surface area (Å²) in [6, 6.07) is 16.8. The number of rotatable bonds is 12. The summed E-state index contributed by atoms with van der Waals surface area (Å²) in [4.78, 5) is 14.6. The molecule has 0 fully saturated rings. The van der Waals surface area contributed by atoms with Crippen LogP contribution in [0.5, 0.6) is 5.75 Å². The smallest absolute Gasteiger partial charge is 0.193 e.